The number of hydrogen-bond donors (Lipinski definition) is 0. The van der Waals surface area contributed by atoms with Crippen molar-refractivity contribution in [3.8, 4) is 0 Å². The van der Waals surface area contributed by atoms with E-state index in [9.17, 15) is 8.78 Å². The first kappa shape index (κ1) is 18.0. The highest BCUT2D eigenvalue weighted by atomic mass is 19.1. The first-order chi connectivity index (χ1) is 13.7. The lowest BCUT2D eigenvalue weighted by molar-refractivity contribution is 0.0586. The molecule has 0 spiro atoms. The van der Waals surface area contributed by atoms with Gasteiger partial charge >= 0.3 is 0 Å². The molecule has 2 heterocycles. The minimum atomic E-state index is -0.620. The van der Waals surface area contributed by atoms with Gasteiger partial charge in [0.05, 0.1) is 23.5 Å². The van der Waals surface area contributed by atoms with Crippen LogP contribution in [0.25, 0.3) is 23.1 Å². The van der Waals surface area contributed by atoms with Gasteiger partial charge in [-0.05, 0) is 48.0 Å². The van der Waals surface area contributed by atoms with Crippen LogP contribution in [0.5, 0.6) is 0 Å². The highest BCUT2D eigenvalue weighted by molar-refractivity contribution is 5.89. The minimum Gasteiger partial charge on any atom is -0.355 e. The van der Waals surface area contributed by atoms with Gasteiger partial charge in [0.2, 0.25) is 0 Å². The van der Waals surface area contributed by atoms with Gasteiger partial charge in [0.1, 0.15) is 18.4 Å². The highest BCUT2D eigenvalue weighted by Crippen LogP contribution is 2.20. The summed E-state index contributed by atoms with van der Waals surface area (Å²) in [6.45, 7) is 0.248. The lowest BCUT2D eigenvalue weighted by Gasteiger charge is -2.06. The summed E-state index contributed by atoms with van der Waals surface area (Å²) in [5, 5.41) is 5.58. The molecular formula is C22H17F2N3O. The van der Waals surface area contributed by atoms with Crippen LogP contribution < -0.4 is 0 Å². The van der Waals surface area contributed by atoms with Gasteiger partial charge in [0, 0.05) is 17.6 Å². The smallest absolute Gasteiger partial charge is 0.140 e. The Bertz CT molecular complexity index is 1100. The molecule has 2 aromatic carbocycles. The molecule has 0 radical (unpaired) electrons. The van der Waals surface area contributed by atoms with Crippen molar-refractivity contribution in [3.63, 3.8) is 0 Å². The van der Waals surface area contributed by atoms with Crippen molar-refractivity contribution in [1.82, 2.24) is 14.8 Å². The van der Waals surface area contributed by atoms with Crippen LogP contribution in [0, 0.1) is 11.6 Å². The normalized spacial score (nSPS) is 11.5. The maximum atomic E-state index is 13.3. The predicted molar refractivity (Wildman–Crippen MR) is 104 cm³/mol. The molecule has 140 valence electrons. The molecule has 0 aliphatic rings. The van der Waals surface area contributed by atoms with E-state index in [0.29, 0.717) is 5.56 Å². The Morgan fingerprint density at radius 3 is 2.50 bits per heavy atom. The van der Waals surface area contributed by atoms with Crippen molar-refractivity contribution < 1.29 is 13.5 Å². The summed E-state index contributed by atoms with van der Waals surface area (Å²) in [7, 11) is 0. The van der Waals surface area contributed by atoms with E-state index in [1.165, 1.54) is 12.1 Å². The van der Waals surface area contributed by atoms with E-state index in [-0.39, 0.29) is 13.3 Å². The summed E-state index contributed by atoms with van der Waals surface area (Å²) in [4.78, 5) is 4.27. The van der Waals surface area contributed by atoms with Gasteiger partial charge in [-0.3, -0.25) is 4.98 Å². The zero-order valence-corrected chi connectivity index (χ0v) is 14.9. The quantitative estimate of drug-likeness (QED) is 0.472. The average molecular weight is 377 g/mol. The van der Waals surface area contributed by atoms with Crippen LogP contribution in [0.3, 0.4) is 0 Å². The third-order valence-corrected chi connectivity index (χ3v) is 4.19. The molecule has 4 aromatic rings. The summed E-state index contributed by atoms with van der Waals surface area (Å²) < 4.78 is 33.9. The summed E-state index contributed by atoms with van der Waals surface area (Å²) in [5.41, 5.74) is 2.98. The fraction of sp³-hybridized carbons (Fsp3) is 0.0909. The van der Waals surface area contributed by atoms with E-state index in [2.05, 4.69) is 10.1 Å². The number of para-hydroxylation sites is 1. The zero-order valence-electron chi connectivity index (χ0n) is 14.9. The van der Waals surface area contributed by atoms with E-state index >= 15 is 0 Å². The number of pyridine rings is 1. The lowest BCUT2D eigenvalue weighted by Crippen LogP contribution is -2.05. The van der Waals surface area contributed by atoms with E-state index in [4.69, 9.17) is 4.74 Å². The third kappa shape index (κ3) is 4.13. The van der Waals surface area contributed by atoms with Crippen LogP contribution in [0.15, 0.2) is 66.9 Å². The summed E-state index contributed by atoms with van der Waals surface area (Å²) in [6, 6.07) is 16.9. The lowest BCUT2D eigenvalue weighted by atomic mass is 10.2. The van der Waals surface area contributed by atoms with E-state index in [1.807, 2.05) is 54.6 Å². The summed E-state index contributed by atoms with van der Waals surface area (Å²) in [5.74, 6) is -1.24. The van der Waals surface area contributed by atoms with Crippen LogP contribution in [0.2, 0.25) is 0 Å². The Morgan fingerprint density at radius 1 is 0.929 bits per heavy atom. The van der Waals surface area contributed by atoms with Gasteiger partial charge in [-0.2, -0.15) is 5.10 Å². The molecule has 4 nitrogen and oxygen atoms in total. The largest absolute Gasteiger partial charge is 0.355 e. The molecule has 0 saturated carbocycles. The third-order valence-electron chi connectivity index (χ3n) is 4.19. The number of nitrogens with zero attached hydrogens (tertiary/aromatic N) is 3. The van der Waals surface area contributed by atoms with Crippen LogP contribution in [0.1, 0.15) is 17.0 Å². The standard InChI is InChI=1S/C22H17F2N3O/c23-17-11-16(12-18(24)13-17)14-28-15-27-22-7-2-1-6-20(22)21(26-27)9-8-19-5-3-4-10-25-19/h1-13H,14-15H2. The van der Waals surface area contributed by atoms with Crippen LogP contribution >= 0.6 is 0 Å². The second kappa shape index (κ2) is 8.10. The molecule has 0 amide bonds. The number of ether oxygens (including phenoxy) is 1. The number of aromatic nitrogens is 3. The second-order valence-electron chi connectivity index (χ2n) is 6.25. The van der Waals surface area contributed by atoms with Gasteiger partial charge in [0.25, 0.3) is 0 Å². The fourth-order valence-corrected chi connectivity index (χ4v) is 2.96. The van der Waals surface area contributed by atoms with Crippen LogP contribution in [-0.2, 0) is 18.1 Å². The zero-order chi connectivity index (χ0) is 19.3. The topological polar surface area (TPSA) is 39.9 Å². The first-order valence-corrected chi connectivity index (χ1v) is 8.76. The summed E-state index contributed by atoms with van der Waals surface area (Å²) >= 11 is 0. The Labute approximate surface area is 160 Å². The van der Waals surface area contributed by atoms with Gasteiger partial charge in [-0.25, -0.2) is 13.5 Å². The molecule has 0 saturated heterocycles. The number of benzene rings is 2. The summed E-state index contributed by atoms with van der Waals surface area (Å²) in [6.07, 6.45) is 5.54. The number of halogens is 2. The second-order valence-corrected chi connectivity index (χ2v) is 6.25. The molecule has 0 unspecified atom stereocenters. The highest BCUT2D eigenvalue weighted by Gasteiger charge is 2.08. The van der Waals surface area contributed by atoms with Crippen molar-refractivity contribution >= 4 is 23.1 Å². The number of rotatable bonds is 6. The van der Waals surface area contributed by atoms with Gasteiger partial charge in [-0.15, -0.1) is 0 Å². The first-order valence-electron chi connectivity index (χ1n) is 8.76. The molecule has 6 heteroatoms. The molecule has 0 fully saturated rings. The molecule has 0 atom stereocenters. The number of hydrogen-bond acceptors (Lipinski definition) is 3. The monoisotopic (exact) mass is 377 g/mol. The molecule has 0 aliphatic carbocycles. The Morgan fingerprint density at radius 2 is 1.71 bits per heavy atom. The van der Waals surface area contributed by atoms with Crippen molar-refractivity contribution in [2.75, 3.05) is 0 Å². The van der Waals surface area contributed by atoms with E-state index in [0.717, 1.165) is 28.4 Å². The maximum Gasteiger partial charge on any atom is 0.140 e. The molecule has 0 aliphatic heterocycles. The van der Waals surface area contributed by atoms with Crippen molar-refractivity contribution in [1.29, 1.82) is 0 Å². The van der Waals surface area contributed by atoms with Crippen LogP contribution in [-0.4, -0.2) is 14.8 Å². The molecule has 0 N–H and O–H groups in total. The molecule has 28 heavy (non-hydrogen) atoms. The van der Waals surface area contributed by atoms with Gasteiger partial charge in [-0.1, -0.05) is 24.3 Å². The Hall–Kier alpha value is -3.38. The SMILES string of the molecule is Fc1cc(F)cc(COCn2nc(C=Cc3ccccn3)c3ccccc32)c1. The maximum absolute atomic E-state index is 13.3. The van der Waals surface area contributed by atoms with Crippen LogP contribution in [0.4, 0.5) is 8.78 Å². The van der Waals surface area contributed by atoms with Gasteiger partial charge < -0.3 is 4.74 Å². The predicted octanol–water partition coefficient (Wildman–Crippen LogP) is 5.05. The van der Waals surface area contributed by atoms with Crippen molar-refractivity contribution in [3.05, 3.63) is 95.4 Å². The van der Waals surface area contributed by atoms with Gasteiger partial charge in [0.15, 0.2) is 0 Å². The molecule has 2 aromatic heterocycles. The molecule has 4 rings (SSSR count). The van der Waals surface area contributed by atoms with E-state index < -0.39 is 11.6 Å². The number of fused-ring (bicyclic) bond motifs is 1. The Kier molecular flexibility index (Phi) is 5.21. The molecular weight excluding hydrogens is 360 g/mol. The Balaban J connectivity index is 1.53. The minimum absolute atomic E-state index is 0.0853. The van der Waals surface area contributed by atoms with Crippen molar-refractivity contribution in [2.45, 2.75) is 13.3 Å². The average Bonchev–Trinajstić information content (AvgIpc) is 3.04. The fourth-order valence-electron chi connectivity index (χ4n) is 2.96. The van der Waals surface area contributed by atoms with E-state index in [1.54, 1.807) is 10.9 Å². The molecule has 0 bridgehead atoms. The van der Waals surface area contributed by atoms with Crippen molar-refractivity contribution in [2.24, 2.45) is 0 Å².